The van der Waals surface area contributed by atoms with Crippen molar-refractivity contribution < 1.29 is 23.1 Å². The molecule has 0 spiro atoms. The number of fused-ring (bicyclic) bond motifs is 2. The van der Waals surface area contributed by atoms with E-state index in [9.17, 15) is 18.4 Å². The van der Waals surface area contributed by atoms with Crippen molar-refractivity contribution in [3.63, 3.8) is 0 Å². The van der Waals surface area contributed by atoms with Crippen LogP contribution in [0, 0.1) is 0 Å². The summed E-state index contributed by atoms with van der Waals surface area (Å²) in [7, 11) is 0. The standard InChI is InChI=1S/C28H36BrF2N5O3/c1-17(37)34-13-9-23-21(16-34)26(35-10-5-6-18-14-22(29)20(25(30)31)15-24(18)35)32-36(23)19-7-11-33(12-8-19)27(38)39-28(2,3)4/h14-15,19,25H,5-13,16H2,1-4H3. The Labute approximate surface area is 236 Å². The topological polar surface area (TPSA) is 70.9 Å². The van der Waals surface area contributed by atoms with E-state index in [4.69, 9.17) is 9.84 Å². The zero-order chi connectivity index (χ0) is 28.1. The molecule has 212 valence electrons. The van der Waals surface area contributed by atoms with Crippen LogP contribution in [-0.4, -0.2) is 63.4 Å². The van der Waals surface area contributed by atoms with Gasteiger partial charge in [0.2, 0.25) is 5.91 Å². The van der Waals surface area contributed by atoms with Gasteiger partial charge in [-0.15, -0.1) is 0 Å². The van der Waals surface area contributed by atoms with E-state index in [1.165, 1.54) is 0 Å². The zero-order valence-corrected chi connectivity index (χ0v) is 24.6. The highest BCUT2D eigenvalue weighted by Gasteiger charge is 2.35. The van der Waals surface area contributed by atoms with Crippen molar-refractivity contribution in [1.82, 2.24) is 19.6 Å². The van der Waals surface area contributed by atoms with Crippen molar-refractivity contribution in [2.45, 2.75) is 84.4 Å². The SMILES string of the molecule is CC(=O)N1CCc2c(c(N3CCCc4cc(Br)c(C(F)F)cc43)nn2C2CCN(C(=O)OC(C)(C)C)CC2)C1. The average Bonchev–Trinajstić information content (AvgIpc) is 3.25. The molecule has 3 aliphatic heterocycles. The monoisotopic (exact) mass is 607 g/mol. The van der Waals surface area contributed by atoms with Gasteiger partial charge in [0.25, 0.3) is 6.43 Å². The lowest BCUT2D eigenvalue weighted by atomic mass is 9.98. The van der Waals surface area contributed by atoms with Gasteiger partial charge in [0, 0.05) is 66.5 Å². The van der Waals surface area contributed by atoms with Crippen LogP contribution < -0.4 is 4.90 Å². The smallest absolute Gasteiger partial charge is 0.410 e. The van der Waals surface area contributed by atoms with E-state index in [1.54, 1.807) is 24.0 Å². The van der Waals surface area contributed by atoms with Crippen LogP contribution >= 0.6 is 15.9 Å². The first-order chi connectivity index (χ1) is 18.4. The highest BCUT2D eigenvalue weighted by Crippen LogP contribution is 2.42. The van der Waals surface area contributed by atoms with Crippen molar-refractivity contribution in [3.8, 4) is 0 Å². The summed E-state index contributed by atoms with van der Waals surface area (Å²) < 4.78 is 35.7. The normalized spacial score (nSPS) is 18.3. The van der Waals surface area contributed by atoms with Gasteiger partial charge in [0.15, 0.2) is 5.82 Å². The minimum absolute atomic E-state index is 0.00739. The molecule has 0 radical (unpaired) electrons. The van der Waals surface area contributed by atoms with Crippen molar-refractivity contribution >= 4 is 39.4 Å². The highest BCUT2D eigenvalue weighted by atomic mass is 79.9. The molecule has 1 saturated heterocycles. The molecule has 4 heterocycles. The molecule has 11 heteroatoms. The second kappa shape index (κ2) is 10.7. The zero-order valence-electron chi connectivity index (χ0n) is 23.0. The highest BCUT2D eigenvalue weighted by molar-refractivity contribution is 9.10. The van der Waals surface area contributed by atoms with Gasteiger partial charge >= 0.3 is 6.09 Å². The average molecular weight is 609 g/mol. The molecular formula is C28H36BrF2N5O3. The van der Waals surface area contributed by atoms with Crippen molar-refractivity contribution in [2.24, 2.45) is 0 Å². The Bertz CT molecular complexity index is 1270. The minimum atomic E-state index is -2.59. The van der Waals surface area contributed by atoms with Gasteiger partial charge in [-0.3, -0.25) is 9.48 Å². The third kappa shape index (κ3) is 5.64. The second-order valence-corrected chi connectivity index (χ2v) is 12.5. The number of carbonyl (C=O) groups is 2. The fourth-order valence-corrected chi connectivity index (χ4v) is 6.41. The molecule has 0 saturated carbocycles. The summed E-state index contributed by atoms with van der Waals surface area (Å²) in [5.41, 5.74) is 3.26. The maximum absolute atomic E-state index is 13.8. The number of amides is 2. The summed E-state index contributed by atoms with van der Waals surface area (Å²) in [4.78, 5) is 30.5. The van der Waals surface area contributed by atoms with Crippen LogP contribution in [-0.2, 0) is 28.9 Å². The van der Waals surface area contributed by atoms with Crippen LogP contribution in [0.1, 0.15) is 81.8 Å². The molecule has 3 aliphatic rings. The van der Waals surface area contributed by atoms with Gasteiger partial charge < -0.3 is 19.4 Å². The maximum Gasteiger partial charge on any atom is 0.410 e. The number of aryl methyl sites for hydroxylation is 1. The van der Waals surface area contributed by atoms with Gasteiger partial charge in [-0.25, -0.2) is 13.6 Å². The number of nitrogens with zero attached hydrogens (tertiary/aromatic N) is 5. The van der Waals surface area contributed by atoms with Crippen LogP contribution in [0.15, 0.2) is 16.6 Å². The number of alkyl halides is 2. The van der Waals surface area contributed by atoms with Crippen molar-refractivity contribution in [2.75, 3.05) is 31.1 Å². The van der Waals surface area contributed by atoms with Crippen LogP contribution in [0.3, 0.4) is 0 Å². The predicted octanol–water partition coefficient (Wildman–Crippen LogP) is 6.14. The number of halogens is 3. The third-order valence-corrected chi connectivity index (χ3v) is 8.47. The molecule has 1 fully saturated rings. The number of hydrogen-bond donors (Lipinski definition) is 0. The first-order valence-corrected chi connectivity index (χ1v) is 14.4. The Balaban J connectivity index is 1.48. The number of anilines is 2. The first-order valence-electron chi connectivity index (χ1n) is 13.6. The summed E-state index contributed by atoms with van der Waals surface area (Å²) in [6, 6.07) is 3.49. The summed E-state index contributed by atoms with van der Waals surface area (Å²) in [6.45, 7) is 10.0. The molecule has 1 aromatic heterocycles. The van der Waals surface area contributed by atoms with Gasteiger partial charge in [0.1, 0.15) is 5.60 Å². The van der Waals surface area contributed by atoms with Crippen LogP contribution in [0.2, 0.25) is 0 Å². The lowest BCUT2D eigenvalue weighted by Gasteiger charge is -2.34. The van der Waals surface area contributed by atoms with E-state index in [2.05, 4.69) is 25.5 Å². The number of rotatable bonds is 3. The fourth-order valence-electron chi connectivity index (χ4n) is 5.84. The summed E-state index contributed by atoms with van der Waals surface area (Å²) in [5, 5.41) is 5.13. The summed E-state index contributed by atoms with van der Waals surface area (Å²) in [5.74, 6) is 0.752. The van der Waals surface area contributed by atoms with Crippen LogP contribution in [0.25, 0.3) is 0 Å². The number of benzene rings is 1. The lowest BCUT2D eigenvalue weighted by Crippen LogP contribution is -2.42. The van der Waals surface area contributed by atoms with E-state index >= 15 is 0 Å². The molecule has 0 N–H and O–H groups in total. The van der Waals surface area contributed by atoms with Gasteiger partial charge in [-0.2, -0.15) is 5.10 Å². The molecule has 0 atom stereocenters. The number of hydrogen-bond acceptors (Lipinski definition) is 5. The van der Waals surface area contributed by atoms with Crippen molar-refractivity contribution in [1.29, 1.82) is 0 Å². The van der Waals surface area contributed by atoms with Gasteiger partial charge in [0.05, 0.1) is 12.6 Å². The molecule has 2 amide bonds. The Morgan fingerprint density at radius 2 is 1.79 bits per heavy atom. The van der Waals surface area contributed by atoms with Gasteiger partial charge in [-0.1, -0.05) is 15.9 Å². The molecule has 0 unspecified atom stereocenters. The van der Waals surface area contributed by atoms with E-state index in [-0.39, 0.29) is 23.6 Å². The third-order valence-electron chi connectivity index (χ3n) is 7.78. The largest absolute Gasteiger partial charge is 0.444 e. The molecule has 2 aromatic rings. The predicted molar refractivity (Wildman–Crippen MR) is 148 cm³/mol. The van der Waals surface area contributed by atoms with Crippen molar-refractivity contribution in [3.05, 3.63) is 39.0 Å². The minimum Gasteiger partial charge on any atom is -0.444 e. The molecule has 8 nitrogen and oxygen atoms in total. The molecule has 5 rings (SSSR count). The Hall–Kier alpha value is -2.69. The molecule has 1 aromatic carbocycles. The van der Waals surface area contributed by atoms with E-state index in [0.717, 1.165) is 54.0 Å². The molecular weight excluding hydrogens is 572 g/mol. The number of likely N-dealkylation sites (tertiary alicyclic amines) is 1. The van der Waals surface area contributed by atoms with Crippen LogP contribution in [0.4, 0.5) is 25.1 Å². The van der Waals surface area contributed by atoms with Crippen LogP contribution in [0.5, 0.6) is 0 Å². The Morgan fingerprint density at radius 1 is 1.08 bits per heavy atom. The number of carbonyl (C=O) groups excluding carboxylic acids is 2. The quantitative estimate of drug-likeness (QED) is 0.419. The number of piperidine rings is 1. The Kier molecular flexibility index (Phi) is 7.65. The number of ether oxygens (including phenoxy) is 1. The molecule has 0 bridgehead atoms. The Morgan fingerprint density at radius 3 is 2.44 bits per heavy atom. The fraction of sp³-hybridized carbons (Fsp3) is 0.607. The number of aromatic nitrogens is 2. The summed E-state index contributed by atoms with van der Waals surface area (Å²) in [6.07, 6.45) is 0.942. The van der Waals surface area contributed by atoms with Gasteiger partial charge in [-0.05, 0) is 64.2 Å². The van der Waals surface area contributed by atoms with E-state index < -0.39 is 12.0 Å². The maximum atomic E-state index is 13.8. The van der Waals surface area contributed by atoms with E-state index in [1.807, 2.05) is 25.7 Å². The lowest BCUT2D eigenvalue weighted by molar-refractivity contribution is -0.129. The van der Waals surface area contributed by atoms with E-state index in [0.29, 0.717) is 43.6 Å². The second-order valence-electron chi connectivity index (χ2n) is 11.6. The molecule has 0 aliphatic carbocycles. The first kappa shape index (κ1) is 27.9. The molecule has 39 heavy (non-hydrogen) atoms. The summed E-state index contributed by atoms with van der Waals surface area (Å²) >= 11 is 3.32.